The normalized spacial score (nSPS) is 15.7. The van der Waals surface area contributed by atoms with Crippen molar-refractivity contribution >= 4 is 11.6 Å². The molecule has 2 rings (SSSR count). The van der Waals surface area contributed by atoms with Crippen molar-refractivity contribution < 1.29 is 14.3 Å². The summed E-state index contributed by atoms with van der Waals surface area (Å²) in [6.07, 6.45) is 5.14. The molecule has 1 aliphatic rings. The zero-order valence-electron chi connectivity index (χ0n) is 11.4. The molecule has 1 aromatic carbocycles. The van der Waals surface area contributed by atoms with E-state index in [1.807, 2.05) is 12.1 Å². The van der Waals surface area contributed by atoms with Crippen LogP contribution in [0.2, 0.25) is 5.02 Å². The molecule has 0 saturated heterocycles. The van der Waals surface area contributed by atoms with Crippen molar-refractivity contribution in [3.8, 4) is 11.5 Å². The summed E-state index contributed by atoms with van der Waals surface area (Å²) in [4.78, 5) is 5.61. The van der Waals surface area contributed by atoms with E-state index < -0.39 is 0 Å². The fourth-order valence-corrected chi connectivity index (χ4v) is 2.63. The number of methoxy groups -OCH3 is 2. The minimum atomic E-state index is 0.343. The molecule has 106 valence electrons. The maximum atomic E-state index is 6.15. The average molecular weight is 286 g/mol. The molecule has 1 fully saturated rings. The van der Waals surface area contributed by atoms with E-state index in [-0.39, 0.29) is 0 Å². The predicted molar refractivity (Wildman–Crippen MR) is 74.7 cm³/mol. The summed E-state index contributed by atoms with van der Waals surface area (Å²) in [6, 6.07) is 3.75. The lowest BCUT2D eigenvalue weighted by molar-refractivity contribution is -0.0244. The van der Waals surface area contributed by atoms with Gasteiger partial charge in [-0.2, -0.15) is 5.48 Å². The fourth-order valence-electron chi connectivity index (χ4n) is 2.32. The van der Waals surface area contributed by atoms with Gasteiger partial charge in [0.1, 0.15) is 0 Å². The van der Waals surface area contributed by atoms with Crippen molar-refractivity contribution in [2.45, 2.75) is 38.3 Å². The first kappa shape index (κ1) is 14.4. The van der Waals surface area contributed by atoms with Gasteiger partial charge < -0.3 is 9.47 Å². The van der Waals surface area contributed by atoms with Crippen molar-refractivity contribution in [2.75, 3.05) is 14.2 Å². The van der Waals surface area contributed by atoms with Gasteiger partial charge in [0.25, 0.3) is 0 Å². The van der Waals surface area contributed by atoms with Crippen LogP contribution in [0.4, 0.5) is 0 Å². The highest BCUT2D eigenvalue weighted by Gasteiger charge is 2.16. The molecule has 1 aliphatic carbocycles. The van der Waals surface area contributed by atoms with Gasteiger partial charge in [0.05, 0.1) is 25.3 Å². The lowest BCUT2D eigenvalue weighted by Gasteiger charge is -2.14. The van der Waals surface area contributed by atoms with Crippen LogP contribution >= 0.6 is 11.6 Å². The molecule has 1 aromatic rings. The Morgan fingerprint density at radius 2 is 1.95 bits per heavy atom. The molecule has 4 nitrogen and oxygen atoms in total. The van der Waals surface area contributed by atoms with Crippen LogP contribution in [0.1, 0.15) is 31.2 Å². The van der Waals surface area contributed by atoms with E-state index >= 15 is 0 Å². The number of hydrogen-bond acceptors (Lipinski definition) is 4. The zero-order chi connectivity index (χ0) is 13.7. The SMILES string of the molecule is COc1cc(CNOC2CCCC2)cc(Cl)c1OC. The van der Waals surface area contributed by atoms with Crippen LogP contribution < -0.4 is 15.0 Å². The van der Waals surface area contributed by atoms with E-state index in [0.717, 1.165) is 18.4 Å². The summed E-state index contributed by atoms with van der Waals surface area (Å²) in [5, 5.41) is 0.541. The van der Waals surface area contributed by atoms with Gasteiger partial charge in [-0.1, -0.05) is 24.4 Å². The number of hydrogen-bond donors (Lipinski definition) is 1. The van der Waals surface area contributed by atoms with Gasteiger partial charge in [0, 0.05) is 6.54 Å². The van der Waals surface area contributed by atoms with Crippen molar-refractivity contribution in [2.24, 2.45) is 0 Å². The van der Waals surface area contributed by atoms with Gasteiger partial charge in [-0.05, 0) is 30.5 Å². The fraction of sp³-hybridized carbons (Fsp3) is 0.571. The van der Waals surface area contributed by atoms with Crippen LogP contribution in [-0.2, 0) is 11.4 Å². The van der Waals surface area contributed by atoms with Crippen LogP contribution in [0.3, 0.4) is 0 Å². The maximum Gasteiger partial charge on any atom is 0.179 e. The smallest absolute Gasteiger partial charge is 0.179 e. The van der Waals surface area contributed by atoms with Gasteiger partial charge in [-0.3, -0.25) is 4.84 Å². The summed E-state index contributed by atoms with van der Waals surface area (Å²) < 4.78 is 10.5. The van der Waals surface area contributed by atoms with Gasteiger partial charge in [-0.25, -0.2) is 0 Å². The number of hydroxylamine groups is 1. The monoisotopic (exact) mass is 285 g/mol. The minimum absolute atomic E-state index is 0.343. The zero-order valence-corrected chi connectivity index (χ0v) is 12.1. The molecule has 1 saturated carbocycles. The average Bonchev–Trinajstić information content (AvgIpc) is 2.91. The summed E-state index contributed by atoms with van der Waals surface area (Å²) in [5.41, 5.74) is 4.01. The second-order valence-electron chi connectivity index (χ2n) is 4.66. The lowest BCUT2D eigenvalue weighted by atomic mass is 10.2. The van der Waals surface area contributed by atoms with Gasteiger partial charge in [0.15, 0.2) is 11.5 Å². The Balaban J connectivity index is 1.94. The van der Waals surface area contributed by atoms with Gasteiger partial charge >= 0.3 is 0 Å². The standard InChI is InChI=1S/C14H20ClNO3/c1-17-13-8-10(7-12(15)14(13)18-2)9-16-19-11-5-3-4-6-11/h7-8,11,16H,3-6,9H2,1-2H3. The molecule has 0 aliphatic heterocycles. The molecule has 1 N–H and O–H groups in total. The molecular weight excluding hydrogens is 266 g/mol. The molecule has 0 bridgehead atoms. The first-order chi connectivity index (χ1) is 9.24. The third-order valence-electron chi connectivity index (χ3n) is 3.32. The highest BCUT2D eigenvalue weighted by Crippen LogP contribution is 2.36. The van der Waals surface area contributed by atoms with Crippen molar-refractivity contribution in [1.82, 2.24) is 5.48 Å². The Morgan fingerprint density at radius 3 is 2.58 bits per heavy atom. The molecule has 19 heavy (non-hydrogen) atoms. The number of ether oxygens (including phenoxy) is 2. The Labute approximate surface area is 118 Å². The minimum Gasteiger partial charge on any atom is -0.493 e. The Bertz CT molecular complexity index is 419. The van der Waals surface area contributed by atoms with Crippen LogP contribution in [0.25, 0.3) is 0 Å². The third kappa shape index (κ3) is 3.75. The second kappa shape index (κ2) is 6.98. The van der Waals surface area contributed by atoms with E-state index in [1.54, 1.807) is 14.2 Å². The van der Waals surface area contributed by atoms with E-state index in [9.17, 15) is 0 Å². The first-order valence-corrected chi connectivity index (χ1v) is 6.91. The van der Waals surface area contributed by atoms with Crippen LogP contribution in [0.15, 0.2) is 12.1 Å². The first-order valence-electron chi connectivity index (χ1n) is 6.53. The van der Waals surface area contributed by atoms with Crippen molar-refractivity contribution in [3.05, 3.63) is 22.7 Å². The van der Waals surface area contributed by atoms with Crippen molar-refractivity contribution in [1.29, 1.82) is 0 Å². The molecule has 0 amide bonds. The topological polar surface area (TPSA) is 39.7 Å². The molecule has 0 radical (unpaired) electrons. The Kier molecular flexibility index (Phi) is 5.31. The molecular formula is C14H20ClNO3. The van der Waals surface area contributed by atoms with Gasteiger partial charge in [0.2, 0.25) is 0 Å². The highest BCUT2D eigenvalue weighted by atomic mass is 35.5. The molecule has 0 spiro atoms. The van der Waals surface area contributed by atoms with Crippen LogP contribution in [0, 0.1) is 0 Å². The number of nitrogens with one attached hydrogen (secondary N) is 1. The van der Waals surface area contributed by atoms with E-state index in [2.05, 4.69) is 5.48 Å². The van der Waals surface area contributed by atoms with E-state index in [0.29, 0.717) is 29.2 Å². The number of halogens is 1. The summed E-state index contributed by atoms with van der Waals surface area (Å²) in [6.45, 7) is 0.594. The summed E-state index contributed by atoms with van der Waals surface area (Å²) in [7, 11) is 3.17. The van der Waals surface area contributed by atoms with E-state index in [4.69, 9.17) is 25.9 Å². The molecule has 0 heterocycles. The van der Waals surface area contributed by atoms with Crippen LogP contribution in [0.5, 0.6) is 11.5 Å². The molecule has 5 heteroatoms. The predicted octanol–water partition coefficient (Wildman–Crippen LogP) is 3.32. The summed E-state index contributed by atoms with van der Waals surface area (Å²) >= 11 is 6.15. The molecule has 0 atom stereocenters. The lowest BCUT2D eigenvalue weighted by Crippen LogP contribution is -2.21. The summed E-state index contributed by atoms with van der Waals surface area (Å²) in [5.74, 6) is 1.19. The number of benzene rings is 1. The second-order valence-corrected chi connectivity index (χ2v) is 5.07. The van der Waals surface area contributed by atoms with Gasteiger partial charge in [-0.15, -0.1) is 0 Å². The Morgan fingerprint density at radius 1 is 1.21 bits per heavy atom. The molecule has 0 aromatic heterocycles. The highest BCUT2D eigenvalue weighted by molar-refractivity contribution is 6.32. The quantitative estimate of drug-likeness (QED) is 0.814. The molecule has 0 unspecified atom stereocenters. The third-order valence-corrected chi connectivity index (χ3v) is 3.60. The van der Waals surface area contributed by atoms with Crippen molar-refractivity contribution in [3.63, 3.8) is 0 Å². The Hall–Kier alpha value is -0.970. The number of rotatable bonds is 6. The van der Waals surface area contributed by atoms with Crippen LogP contribution in [-0.4, -0.2) is 20.3 Å². The maximum absolute atomic E-state index is 6.15. The largest absolute Gasteiger partial charge is 0.493 e. The van der Waals surface area contributed by atoms with E-state index in [1.165, 1.54) is 12.8 Å².